The second-order valence-electron chi connectivity index (χ2n) is 5.86. The topological polar surface area (TPSA) is 54.5 Å². The van der Waals surface area contributed by atoms with E-state index in [9.17, 15) is 4.79 Å². The smallest absolute Gasteiger partial charge is 0.410 e. The Labute approximate surface area is 121 Å². The minimum atomic E-state index is -0.455. The third-order valence-electron chi connectivity index (χ3n) is 2.81. The number of likely N-dealkylation sites (N-methyl/N-ethyl adjacent to an activating group) is 1. The summed E-state index contributed by atoms with van der Waals surface area (Å²) in [5.41, 5.74) is 0.725. The Morgan fingerprint density at radius 3 is 2.55 bits per heavy atom. The van der Waals surface area contributed by atoms with Gasteiger partial charge < -0.3 is 15.0 Å². The Hall–Kier alpha value is -1.62. The lowest BCUT2D eigenvalue weighted by Gasteiger charge is -2.25. The molecule has 5 nitrogen and oxygen atoms in total. The van der Waals surface area contributed by atoms with Crippen molar-refractivity contribution in [3.63, 3.8) is 0 Å². The molecule has 0 spiro atoms. The molecule has 0 radical (unpaired) electrons. The Kier molecular flexibility index (Phi) is 5.95. The van der Waals surface area contributed by atoms with Gasteiger partial charge in [-0.05, 0) is 45.4 Å². The van der Waals surface area contributed by atoms with E-state index in [0.717, 1.165) is 0 Å². The molecule has 1 atom stereocenters. The fraction of sp³-hybridized carbons (Fsp3) is 0.600. The summed E-state index contributed by atoms with van der Waals surface area (Å²) in [6.07, 6.45) is 3.26. The third-order valence-corrected chi connectivity index (χ3v) is 2.81. The first-order chi connectivity index (χ1) is 9.29. The lowest BCUT2D eigenvalue weighted by Crippen LogP contribution is -2.38. The maximum atomic E-state index is 11.8. The molecular weight excluding hydrogens is 254 g/mol. The number of ether oxygens (including phenoxy) is 1. The van der Waals surface area contributed by atoms with E-state index in [4.69, 9.17) is 4.74 Å². The van der Waals surface area contributed by atoms with Gasteiger partial charge in [-0.25, -0.2) is 4.79 Å². The van der Waals surface area contributed by atoms with E-state index in [1.54, 1.807) is 24.3 Å². The average Bonchev–Trinajstić information content (AvgIpc) is 2.37. The van der Waals surface area contributed by atoms with Crippen LogP contribution in [-0.2, 0) is 4.74 Å². The molecule has 20 heavy (non-hydrogen) atoms. The number of nitrogens with one attached hydrogen (secondary N) is 1. The molecule has 1 aromatic rings. The first-order valence-corrected chi connectivity index (χ1v) is 6.87. The van der Waals surface area contributed by atoms with Gasteiger partial charge in [-0.3, -0.25) is 4.98 Å². The third kappa shape index (κ3) is 6.02. The van der Waals surface area contributed by atoms with Crippen molar-refractivity contribution < 1.29 is 9.53 Å². The summed E-state index contributed by atoms with van der Waals surface area (Å²) in [5, 5.41) is 3.37. The van der Waals surface area contributed by atoms with Crippen LogP contribution in [0.25, 0.3) is 0 Å². The lowest BCUT2D eigenvalue weighted by atomic mass is 10.1. The molecule has 1 N–H and O–H groups in total. The van der Waals surface area contributed by atoms with Gasteiger partial charge in [0, 0.05) is 38.6 Å². The summed E-state index contributed by atoms with van der Waals surface area (Å²) in [4.78, 5) is 17.3. The molecular formula is C15H25N3O2. The molecule has 0 bridgehead atoms. The summed E-state index contributed by atoms with van der Waals surface area (Å²) in [6, 6.07) is 4.19. The number of rotatable bonds is 5. The van der Waals surface area contributed by atoms with Crippen LogP contribution in [-0.4, -0.2) is 41.7 Å². The zero-order valence-corrected chi connectivity index (χ0v) is 13.0. The van der Waals surface area contributed by atoms with Crippen molar-refractivity contribution in [3.8, 4) is 0 Å². The van der Waals surface area contributed by atoms with Crippen molar-refractivity contribution in [1.82, 2.24) is 15.2 Å². The number of aromatic nitrogens is 1. The first kappa shape index (κ1) is 16.4. The van der Waals surface area contributed by atoms with E-state index >= 15 is 0 Å². The first-order valence-electron chi connectivity index (χ1n) is 6.87. The van der Waals surface area contributed by atoms with Crippen molar-refractivity contribution >= 4 is 6.09 Å². The minimum absolute atomic E-state index is 0.227. The molecule has 0 aromatic carbocycles. The number of nitrogens with zero attached hydrogens (tertiary/aromatic N) is 2. The molecule has 1 rings (SSSR count). The Morgan fingerprint density at radius 2 is 2.00 bits per heavy atom. The van der Waals surface area contributed by atoms with Gasteiger partial charge in [0.05, 0.1) is 0 Å². The van der Waals surface area contributed by atoms with Crippen LogP contribution < -0.4 is 5.32 Å². The molecule has 1 aromatic heterocycles. The Balaban J connectivity index is 2.32. The average molecular weight is 279 g/mol. The fourth-order valence-electron chi connectivity index (χ4n) is 1.65. The van der Waals surface area contributed by atoms with Gasteiger partial charge in [-0.1, -0.05) is 0 Å². The lowest BCUT2D eigenvalue weighted by molar-refractivity contribution is 0.0299. The molecule has 0 aliphatic heterocycles. The molecule has 5 heteroatoms. The quantitative estimate of drug-likeness (QED) is 0.900. The van der Waals surface area contributed by atoms with Gasteiger partial charge in [-0.2, -0.15) is 0 Å². The van der Waals surface area contributed by atoms with Crippen LogP contribution in [0, 0.1) is 0 Å². The number of carbonyl (C=O) groups is 1. The number of amides is 1. The Bertz CT molecular complexity index is 415. The molecule has 112 valence electrons. The molecule has 0 aliphatic rings. The van der Waals surface area contributed by atoms with Crippen LogP contribution in [0.3, 0.4) is 0 Å². The van der Waals surface area contributed by atoms with Crippen LogP contribution in [0.2, 0.25) is 0 Å². The summed E-state index contributed by atoms with van der Waals surface area (Å²) in [7, 11) is 1.74. The maximum Gasteiger partial charge on any atom is 0.410 e. The molecule has 0 aliphatic carbocycles. The van der Waals surface area contributed by atoms with Crippen molar-refractivity contribution in [2.75, 3.05) is 20.1 Å². The van der Waals surface area contributed by atoms with Crippen molar-refractivity contribution in [3.05, 3.63) is 30.1 Å². The van der Waals surface area contributed by atoms with E-state index < -0.39 is 5.60 Å². The minimum Gasteiger partial charge on any atom is -0.444 e. The second-order valence-corrected chi connectivity index (χ2v) is 5.86. The summed E-state index contributed by atoms with van der Waals surface area (Å²) in [5.74, 6) is 0. The van der Waals surface area contributed by atoms with E-state index in [2.05, 4.69) is 17.2 Å². The molecule has 1 heterocycles. The molecule has 0 saturated carbocycles. The highest BCUT2D eigenvalue weighted by atomic mass is 16.6. The highest BCUT2D eigenvalue weighted by Gasteiger charge is 2.19. The van der Waals surface area contributed by atoms with Crippen LogP contribution in [0.4, 0.5) is 4.79 Å². The van der Waals surface area contributed by atoms with Crippen LogP contribution in [0.5, 0.6) is 0 Å². The van der Waals surface area contributed by atoms with Crippen LogP contribution >= 0.6 is 0 Å². The second kappa shape index (κ2) is 7.24. The molecule has 0 saturated heterocycles. The van der Waals surface area contributed by atoms with E-state index in [-0.39, 0.29) is 12.1 Å². The van der Waals surface area contributed by atoms with Gasteiger partial charge in [0.2, 0.25) is 0 Å². The number of hydrogen-bond donors (Lipinski definition) is 1. The van der Waals surface area contributed by atoms with Crippen molar-refractivity contribution in [1.29, 1.82) is 0 Å². The van der Waals surface area contributed by atoms with Gasteiger partial charge in [0.25, 0.3) is 0 Å². The fourth-order valence-corrected chi connectivity index (χ4v) is 1.65. The summed E-state index contributed by atoms with van der Waals surface area (Å²) >= 11 is 0. The number of pyridine rings is 1. The molecule has 0 fully saturated rings. The predicted octanol–water partition coefficient (Wildman–Crippen LogP) is 2.60. The molecule has 1 amide bonds. The SMILES string of the molecule is CC(NCCN(C)C(=O)OC(C)(C)C)c1ccncc1. The van der Waals surface area contributed by atoms with Gasteiger partial charge in [0.15, 0.2) is 0 Å². The predicted molar refractivity (Wildman–Crippen MR) is 79.5 cm³/mol. The van der Waals surface area contributed by atoms with Crippen molar-refractivity contribution in [2.24, 2.45) is 0 Å². The monoisotopic (exact) mass is 279 g/mol. The van der Waals surface area contributed by atoms with E-state index in [1.165, 1.54) is 5.56 Å². The largest absolute Gasteiger partial charge is 0.444 e. The van der Waals surface area contributed by atoms with Crippen LogP contribution in [0.1, 0.15) is 39.3 Å². The standard InChI is InChI=1S/C15H25N3O2/c1-12(13-6-8-16-9-7-13)17-10-11-18(5)14(19)20-15(2,3)4/h6-9,12,17H,10-11H2,1-5H3. The van der Waals surface area contributed by atoms with Crippen LogP contribution in [0.15, 0.2) is 24.5 Å². The number of hydrogen-bond acceptors (Lipinski definition) is 4. The van der Waals surface area contributed by atoms with E-state index in [1.807, 2.05) is 32.9 Å². The van der Waals surface area contributed by atoms with Gasteiger partial charge >= 0.3 is 6.09 Å². The molecule has 1 unspecified atom stereocenters. The summed E-state index contributed by atoms with van der Waals surface area (Å²) < 4.78 is 5.29. The zero-order chi connectivity index (χ0) is 15.2. The van der Waals surface area contributed by atoms with Crippen molar-refractivity contribution in [2.45, 2.75) is 39.3 Å². The maximum absolute atomic E-state index is 11.8. The zero-order valence-electron chi connectivity index (χ0n) is 13.0. The number of carbonyl (C=O) groups excluding carboxylic acids is 1. The van der Waals surface area contributed by atoms with Gasteiger partial charge in [-0.15, -0.1) is 0 Å². The summed E-state index contributed by atoms with van der Waals surface area (Å²) in [6.45, 7) is 8.99. The normalized spacial score (nSPS) is 12.8. The Morgan fingerprint density at radius 1 is 1.40 bits per heavy atom. The highest BCUT2D eigenvalue weighted by molar-refractivity contribution is 5.67. The van der Waals surface area contributed by atoms with E-state index in [0.29, 0.717) is 13.1 Å². The van der Waals surface area contributed by atoms with Gasteiger partial charge in [0.1, 0.15) is 5.60 Å². The highest BCUT2D eigenvalue weighted by Crippen LogP contribution is 2.10.